The van der Waals surface area contributed by atoms with Crippen LogP contribution in [0.3, 0.4) is 0 Å². The third-order valence-electron chi connectivity index (χ3n) is 8.28. The number of hydrogen-bond acceptors (Lipinski definition) is 16. The summed E-state index contributed by atoms with van der Waals surface area (Å²) in [7, 11) is 0. The van der Waals surface area contributed by atoms with E-state index < -0.39 is 110 Å². The standard InChI is InChI=1S/C36H46N4O16/c1-20(41)38-17-24-16-22(19-56-24)18-55-23-4-2-21(3-5-23)14-15-37-29(42)11-8-27(35(51)52)40-31(44)12-9-28(36(53)54)39-30(43)10-6-25(33(47)48)26(34(49)50)7-13-32(45)46/h2-5,16,19,25-28H,6-15,17-18H2,1H3,(H,37,42)(H,38,41)(H,39,43)(H,40,44)(H,45,46)(H,47,48)(H,49,50)(H,51,52)(H,53,54)/p-5/t25?,26?,27-,28-/m0/s1. The Hall–Kier alpha value is -6.47. The average molecular weight is 786 g/mol. The molecule has 0 bridgehead atoms. The molecular weight excluding hydrogens is 744 g/mol. The molecule has 0 saturated heterocycles. The third kappa shape index (κ3) is 17.6. The Morgan fingerprint density at radius 3 is 1.66 bits per heavy atom. The van der Waals surface area contributed by atoms with Crippen LogP contribution in [0.5, 0.6) is 5.75 Å². The van der Waals surface area contributed by atoms with Crippen LogP contribution in [0.1, 0.15) is 75.2 Å². The molecule has 0 aliphatic rings. The number of furan rings is 1. The van der Waals surface area contributed by atoms with Crippen molar-refractivity contribution in [1.82, 2.24) is 21.3 Å². The van der Waals surface area contributed by atoms with Crippen LogP contribution in [-0.2, 0) is 62.7 Å². The van der Waals surface area contributed by atoms with E-state index in [-0.39, 0.29) is 38.4 Å². The molecule has 0 aliphatic carbocycles. The molecule has 4 N–H and O–H groups in total. The van der Waals surface area contributed by atoms with Crippen molar-refractivity contribution in [2.24, 2.45) is 11.8 Å². The minimum Gasteiger partial charge on any atom is -0.550 e. The smallest absolute Gasteiger partial charge is 0.220 e. The van der Waals surface area contributed by atoms with Crippen molar-refractivity contribution in [1.29, 1.82) is 0 Å². The largest absolute Gasteiger partial charge is 0.550 e. The lowest BCUT2D eigenvalue weighted by molar-refractivity contribution is -0.328. The van der Waals surface area contributed by atoms with E-state index in [0.717, 1.165) is 11.1 Å². The monoisotopic (exact) mass is 785 g/mol. The van der Waals surface area contributed by atoms with E-state index in [9.17, 15) is 68.7 Å². The van der Waals surface area contributed by atoms with Gasteiger partial charge in [0.1, 0.15) is 18.1 Å². The van der Waals surface area contributed by atoms with E-state index >= 15 is 0 Å². The second kappa shape index (κ2) is 23.3. The number of rotatable bonds is 27. The molecule has 20 heteroatoms. The highest BCUT2D eigenvalue weighted by Crippen LogP contribution is 2.22. The fourth-order valence-electron chi connectivity index (χ4n) is 5.27. The number of carbonyl (C=O) groups excluding carboxylic acids is 9. The van der Waals surface area contributed by atoms with Crippen LogP contribution in [0.2, 0.25) is 0 Å². The van der Waals surface area contributed by atoms with Crippen molar-refractivity contribution in [2.75, 3.05) is 6.54 Å². The van der Waals surface area contributed by atoms with Crippen LogP contribution >= 0.6 is 0 Å². The highest BCUT2D eigenvalue weighted by molar-refractivity contribution is 5.86. The van der Waals surface area contributed by atoms with Crippen molar-refractivity contribution in [2.45, 2.75) is 89.9 Å². The predicted octanol–water partition coefficient (Wildman–Crippen LogP) is -5.77. The van der Waals surface area contributed by atoms with E-state index in [0.29, 0.717) is 17.9 Å². The molecule has 1 heterocycles. The summed E-state index contributed by atoms with van der Waals surface area (Å²) in [6.45, 7) is 2.10. The number of benzene rings is 1. The molecule has 2 rings (SSSR count). The summed E-state index contributed by atoms with van der Waals surface area (Å²) in [5.41, 5.74) is 1.64. The van der Waals surface area contributed by atoms with Gasteiger partial charge in [-0.15, -0.1) is 0 Å². The Morgan fingerprint density at radius 2 is 1.16 bits per heavy atom. The van der Waals surface area contributed by atoms with Crippen molar-refractivity contribution < 1.29 is 77.8 Å². The van der Waals surface area contributed by atoms with Crippen molar-refractivity contribution in [3.8, 4) is 5.75 Å². The minimum atomic E-state index is -1.91. The molecule has 306 valence electrons. The predicted molar refractivity (Wildman–Crippen MR) is 177 cm³/mol. The first-order valence-electron chi connectivity index (χ1n) is 17.4. The lowest BCUT2D eigenvalue weighted by atomic mass is 9.85. The van der Waals surface area contributed by atoms with Gasteiger partial charge < -0.3 is 79.9 Å². The molecular formula is C36H41N4O16-5. The molecule has 4 amide bonds. The normalized spacial score (nSPS) is 12.9. The van der Waals surface area contributed by atoms with Gasteiger partial charge in [0, 0.05) is 68.0 Å². The van der Waals surface area contributed by atoms with Gasteiger partial charge >= 0.3 is 0 Å². The topological polar surface area (TPSA) is 339 Å². The number of carboxylic acids is 5. The summed E-state index contributed by atoms with van der Waals surface area (Å²) in [6, 6.07) is 5.40. The fraction of sp³-hybridized carbons (Fsp3) is 0.472. The van der Waals surface area contributed by atoms with E-state index in [1.54, 1.807) is 30.3 Å². The minimum absolute atomic E-state index is 0.181. The molecule has 2 aromatic rings. The van der Waals surface area contributed by atoms with E-state index in [2.05, 4.69) is 16.0 Å². The molecule has 0 fully saturated rings. The first kappa shape index (κ1) is 45.7. The Bertz CT molecular complexity index is 1710. The maximum atomic E-state index is 12.4. The van der Waals surface area contributed by atoms with Gasteiger partial charge in [-0.1, -0.05) is 12.1 Å². The number of ether oxygens (including phenoxy) is 1. The lowest BCUT2D eigenvalue weighted by Crippen LogP contribution is -2.50. The number of amides is 4. The van der Waals surface area contributed by atoms with Crippen LogP contribution in [0, 0.1) is 11.8 Å². The zero-order valence-corrected chi connectivity index (χ0v) is 30.3. The highest BCUT2D eigenvalue weighted by atomic mass is 16.5. The quantitative estimate of drug-likeness (QED) is 0.0655. The van der Waals surface area contributed by atoms with Crippen LogP contribution in [0.4, 0.5) is 0 Å². The molecule has 20 nitrogen and oxygen atoms in total. The van der Waals surface area contributed by atoms with Crippen molar-refractivity contribution in [3.63, 3.8) is 0 Å². The van der Waals surface area contributed by atoms with Gasteiger partial charge in [-0.2, -0.15) is 0 Å². The SMILES string of the molecule is CC(=O)NCc1cc(COc2ccc(CCNC(=O)CC[C@H](NC(=O)CC[C@H](NC(=O)CCC(C(=O)[O-])C(CCC(=O)[O-])C(=O)[O-])C(=O)[O-])C(=O)[O-])cc2)co1. The van der Waals surface area contributed by atoms with Gasteiger partial charge in [0.05, 0.1) is 36.8 Å². The van der Waals surface area contributed by atoms with Gasteiger partial charge in [-0.3, -0.25) is 19.2 Å². The van der Waals surface area contributed by atoms with Crippen LogP contribution < -0.4 is 51.5 Å². The van der Waals surface area contributed by atoms with E-state index in [1.807, 2.05) is 5.32 Å². The first-order chi connectivity index (χ1) is 26.4. The van der Waals surface area contributed by atoms with Crippen LogP contribution in [-0.4, -0.2) is 72.1 Å². The molecule has 0 radical (unpaired) electrons. The number of carbonyl (C=O) groups is 9. The third-order valence-corrected chi connectivity index (χ3v) is 8.28. The fourth-order valence-corrected chi connectivity index (χ4v) is 5.27. The second-order valence-electron chi connectivity index (χ2n) is 12.6. The van der Waals surface area contributed by atoms with Crippen LogP contribution in [0.15, 0.2) is 41.0 Å². The second-order valence-corrected chi connectivity index (χ2v) is 12.6. The Balaban J connectivity index is 1.76. The summed E-state index contributed by atoms with van der Waals surface area (Å²) < 4.78 is 11.1. The molecule has 0 saturated carbocycles. The number of nitrogens with one attached hydrogen (secondary N) is 4. The number of aliphatic carboxylic acids is 5. The van der Waals surface area contributed by atoms with Gasteiger partial charge in [-0.25, -0.2) is 0 Å². The summed E-state index contributed by atoms with van der Waals surface area (Å²) in [5, 5.41) is 66.1. The highest BCUT2D eigenvalue weighted by Gasteiger charge is 2.26. The Labute approximate surface area is 320 Å². The zero-order valence-electron chi connectivity index (χ0n) is 30.3. The van der Waals surface area contributed by atoms with E-state index in [1.165, 1.54) is 13.2 Å². The maximum absolute atomic E-state index is 12.4. The summed E-state index contributed by atoms with van der Waals surface area (Å²) >= 11 is 0. The molecule has 1 aromatic heterocycles. The lowest BCUT2D eigenvalue weighted by Gasteiger charge is -2.29. The number of carboxylic acid groups (broad SMARTS) is 5. The molecule has 0 spiro atoms. The molecule has 56 heavy (non-hydrogen) atoms. The van der Waals surface area contributed by atoms with Crippen LogP contribution in [0.25, 0.3) is 0 Å². The van der Waals surface area contributed by atoms with Crippen molar-refractivity contribution in [3.05, 3.63) is 53.5 Å². The maximum Gasteiger partial charge on any atom is 0.220 e. The zero-order chi connectivity index (χ0) is 41.8. The summed E-state index contributed by atoms with van der Waals surface area (Å²) in [4.78, 5) is 105. The Morgan fingerprint density at radius 1 is 0.643 bits per heavy atom. The molecule has 2 unspecified atom stereocenters. The number of hydrogen-bond donors (Lipinski definition) is 4. The Kier molecular flexibility index (Phi) is 19.0. The molecule has 0 aliphatic heterocycles. The molecule has 4 atom stereocenters. The van der Waals surface area contributed by atoms with Crippen molar-refractivity contribution >= 4 is 53.5 Å². The first-order valence-corrected chi connectivity index (χ1v) is 17.4. The van der Waals surface area contributed by atoms with Gasteiger partial charge in [0.25, 0.3) is 0 Å². The van der Waals surface area contributed by atoms with Gasteiger partial charge in [0.15, 0.2) is 0 Å². The summed E-state index contributed by atoms with van der Waals surface area (Å²) in [5.74, 6) is -14.3. The summed E-state index contributed by atoms with van der Waals surface area (Å²) in [6.07, 6.45) is -2.90. The average Bonchev–Trinajstić information content (AvgIpc) is 3.59. The van der Waals surface area contributed by atoms with Gasteiger partial charge in [-0.05, 0) is 62.3 Å². The van der Waals surface area contributed by atoms with Gasteiger partial charge in [0.2, 0.25) is 23.6 Å². The van der Waals surface area contributed by atoms with E-state index in [4.69, 9.17) is 9.15 Å². The molecule has 1 aromatic carbocycles.